The van der Waals surface area contributed by atoms with E-state index in [0.717, 1.165) is 11.3 Å². The molecule has 4 rings (SSSR count). The van der Waals surface area contributed by atoms with Gasteiger partial charge in [-0.15, -0.1) is 0 Å². The summed E-state index contributed by atoms with van der Waals surface area (Å²) in [6.45, 7) is 0.434. The van der Waals surface area contributed by atoms with E-state index in [1.807, 2.05) is 30.3 Å². The van der Waals surface area contributed by atoms with Crippen LogP contribution in [0.15, 0.2) is 65.2 Å². The summed E-state index contributed by atoms with van der Waals surface area (Å²) in [5, 5.41) is 9.76. The van der Waals surface area contributed by atoms with Crippen LogP contribution in [0.4, 0.5) is 5.69 Å². The minimum absolute atomic E-state index is 0.434. The molecule has 1 aromatic heterocycles. The van der Waals surface area contributed by atoms with Crippen LogP contribution in [-0.4, -0.2) is 24.4 Å². The van der Waals surface area contributed by atoms with Crippen molar-refractivity contribution in [2.24, 2.45) is 0 Å². The molecular formula is C21H19N3O3. The third-order valence-electron chi connectivity index (χ3n) is 4.31. The molecule has 136 valence electrons. The lowest BCUT2D eigenvalue weighted by atomic mass is 10.1. The summed E-state index contributed by atoms with van der Waals surface area (Å²) in [7, 11) is 3.21. The molecule has 0 spiro atoms. The molecule has 0 amide bonds. The average Bonchev–Trinajstić information content (AvgIpc) is 3.20. The smallest absolute Gasteiger partial charge is 0.246 e. The molecule has 1 N–H and O–H groups in total. The molecule has 0 saturated carbocycles. The second-order valence-electron chi connectivity index (χ2n) is 5.99. The molecule has 0 aliphatic carbocycles. The van der Waals surface area contributed by atoms with Crippen LogP contribution in [0.3, 0.4) is 0 Å². The van der Waals surface area contributed by atoms with Gasteiger partial charge in [0.05, 0.1) is 26.3 Å². The number of hydrogen-bond acceptors (Lipinski definition) is 6. The molecule has 0 saturated heterocycles. The summed E-state index contributed by atoms with van der Waals surface area (Å²) in [5.41, 5.74) is 1.74. The number of rotatable bonds is 6. The fourth-order valence-corrected chi connectivity index (χ4v) is 2.90. The number of anilines is 1. The molecule has 0 aliphatic heterocycles. The van der Waals surface area contributed by atoms with Crippen molar-refractivity contribution in [1.82, 2.24) is 10.1 Å². The topological polar surface area (TPSA) is 69.4 Å². The first-order chi connectivity index (χ1) is 13.3. The Morgan fingerprint density at radius 3 is 2.59 bits per heavy atom. The number of aromatic nitrogens is 2. The standard InChI is InChI=1S/C21H19N3O3/c1-25-17-9-10-18(19(12-17)26-2)21-23-20(27-24-21)13-22-16-8-7-14-5-3-4-6-15(14)11-16/h3-12,22H,13H2,1-2H3. The van der Waals surface area contributed by atoms with Gasteiger partial charge in [-0.2, -0.15) is 4.98 Å². The molecule has 0 atom stereocenters. The maximum Gasteiger partial charge on any atom is 0.246 e. The number of ether oxygens (including phenoxy) is 2. The lowest BCUT2D eigenvalue weighted by molar-refractivity contribution is 0.382. The Morgan fingerprint density at radius 1 is 0.926 bits per heavy atom. The Hall–Kier alpha value is -3.54. The van der Waals surface area contributed by atoms with Crippen LogP contribution in [0.2, 0.25) is 0 Å². The Labute approximate surface area is 156 Å². The Balaban J connectivity index is 1.51. The van der Waals surface area contributed by atoms with Crippen LogP contribution in [0.5, 0.6) is 11.5 Å². The van der Waals surface area contributed by atoms with Crippen LogP contribution >= 0.6 is 0 Å². The third-order valence-corrected chi connectivity index (χ3v) is 4.31. The monoisotopic (exact) mass is 361 g/mol. The second kappa shape index (κ2) is 7.37. The van der Waals surface area contributed by atoms with E-state index in [4.69, 9.17) is 14.0 Å². The SMILES string of the molecule is COc1ccc(-c2noc(CNc3ccc4ccccc4c3)n2)c(OC)c1. The molecule has 3 aromatic carbocycles. The molecule has 1 heterocycles. The summed E-state index contributed by atoms with van der Waals surface area (Å²) < 4.78 is 16.0. The van der Waals surface area contributed by atoms with Crippen molar-refractivity contribution in [2.45, 2.75) is 6.54 Å². The largest absolute Gasteiger partial charge is 0.497 e. The van der Waals surface area contributed by atoms with E-state index >= 15 is 0 Å². The summed E-state index contributed by atoms with van der Waals surface area (Å²) in [6.07, 6.45) is 0. The molecule has 4 aromatic rings. The molecule has 6 nitrogen and oxygen atoms in total. The van der Waals surface area contributed by atoms with Gasteiger partial charge in [0.25, 0.3) is 0 Å². The van der Waals surface area contributed by atoms with E-state index in [9.17, 15) is 0 Å². The number of nitrogens with zero attached hydrogens (tertiary/aromatic N) is 2. The van der Waals surface area contributed by atoms with Gasteiger partial charge in [0, 0.05) is 11.8 Å². The van der Waals surface area contributed by atoms with Gasteiger partial charge in [-0.25, -0.2) is 0 Å². The maximum atomic E-state index is 5.40. The van der Waals surface area contributed by atoms with Crippen LogP contribution in [0, 0.1) is 0 Å². The molecular weight excluding hydrogens is 342 g/mol. The van der Waals surface area contributed by atoms with Crippen molar-refractivity contribution in [3.63, 3.8) is 0 Å². The normalized spacial score (nSPS) is 10.7. The van der Waals surface area contributed by atoms with Crippen LogP contribution < -0.4 is 14.8 Å². The van der Waals surface area contributed by atoms with E-state index in [1.54, 1.807) is 20.3 Å². The number of benzene rings is 3. The highest BCUT2D eigenvalue weighted by atomic mass is 16.5. The predicted octanol–water partition coefficient (Wildman–Crippen LogP) is 4.52. The van der Waals surface area contributed by atoms with Crippen LogP contribution in [0.25, 0.3) is 22.2 Å². The molecule has 0 aliphatic rings. The van der Waals surface area contributed by atoms with Gasteiger partial charge < -0.3 is 19.3 Å². The Kier molecular flexibility index (Phi) is 4.61. The van der Waals surface area contributed by atoms with Crippen molar-refractivity contribution in [1.29, 1.82) is 0 Å². The van der Waals surface area contributed by atoms with Gasteiger partial charge >= 0.3 is 0 Å². The van der Waals surface area contributed by atoms with Crippen molar-refractivity contribution in [3.05, 3.63) is 66.6 Å². The predicted molar refractivity (Wildman–Crippen MR) is 104 cm³/mol. The van der Waals surface area contributed by atoms with Crippen LogP contribution in [0.1, 0.15) is 5.89 Å². The van der Waals surface area contributed by atoms with E-state index in [0.29, 0.717) is 29.8 Å². The van der Waals surface area contributed by atoms with Crippen molar-refractivity contribution in [3.8, 4) is 22.9 Å². The zero-order chi connectivity index (χ0) is 18.6. The first-order valence-corrected chi connectivity index (χ1v) is 8.54. The Bertz CT molecular complexity index is 1080. The first kappa shape index (κ1) is 16.9. The lowest BCUT2D eigenvalue weighted by Crippen LogP contribution is -1.99. The highest BCUT2D eigenvalue weighted by molar-refractivity contribution is 5.85. The number of fused-ring (bicyclic) bond motifs is 1. The van der Waals surface area contributed by atoms with Gasteiger partial charge in [0.15, 0.2) is 0 Å². The minimum atomic E-state index is 0.434. The highest BCUT2D eigenvalue weighted by Gasteiger charge is 2.14. The highest BCUT2D eigenvalue weighted by Crippen LogP contribution is 2.31. The molecule has 6 heteroatoms. The second-order valence-corrected chi connectivity index (χ2v) is 5.99. The Morgan fingerprint density at radius 2 is 1.78 bits per heavy atom. The van der Waals surface area contributed by atoms with Gasteiger partial charge in [-0.3, -0.25) is 0 Å². The molecule has 0 unspecified atom stereocenters. The van der Waals surface area contributed by atoms with Crippen molar-refractivity contribution >= 4 is 16.5 Å². The van der Waals surface area contributed by atoms with Gasteiger partial charge in [0.1, 0.15) is 11.5 Å². The quantitative estimate of drug-likeness (QED) is 0.544. The van der Waals surface area contributed by atoms with Crippen molar-refractivity contribution in [2.75, 3.05) is 19.5 Å². The fraction of sp³-hybridized carbons (Fsp3) is 0.143. The summed E-state index contributed by atoms with van der Waals surface area (Å²) in [6, 6.07) is 19.9. The van der Waals surface area contributed by atoms with Gasteiger partial charge in [-0.05, 0) is 35.0 Å². The van der Waals surface area contributed by atoms with E-state index in [2.05, 4.69) is 39.7 Å². The molecule has 27 heavy (non-hydrogen) atoms. The summed E-state index contributed by atoms with van der Waals surface area (Å²) in [4.78, 5) is 4.46. The number of nitrogens with one attached hydrogen (secondary N) is 1. The van der Waals surface area contributed by atoms with Gasteiger partial charge in [-0.1, -0.05) is 35.5 Å². The van der Waals surface area contributed by atoms with Crippen molar-refractivity contribution < 1.29 is 14.0 Å². The number of hydrogen-bond donors (Lipinski definition) is 1. The van der Waals surface area contributed by atoms with E-state index in [1.165, 1.54) is 10.8 Å². The maximum absolute atomic E-state index is 5.40. The number of methoxy groups -OCH3 is 2. The molecule has 0 bridgehead atoms. The fourth-order valence-electron chi connectivity index (χ4n) is 2.90. The van der Waals surface area contributed by atoms with Crippen LogP contribution in [-0.2, 0) is 6.54 Å². The minimum Gasteiger partial charge on any atom is -0.497 e. The summed E-state index contributed by atoms with van der Waals surface area (Å²) >= 11 is 0. The molecule has 0 fully saturated rings. The first-order valence-electron chi connectivity index (χ1n) is 8.54. The average molecular weight is 361 g/mol. The van der Waals surface area contributed by atoms with E-state index in [-0.39, 0.29) is 0 Å². The molecule has 0 radical (unpaired) electrons. The van der Waals surface area contributed by atoms with E-state index < -0.39 is 0 Å². The summed E-state index contributed by atoms with van der Waals surface area (Å²) in [5.74, 6) is 2.31. The zero-order valence-electron chi connectivity index (χ0n) is 15.1. The third kappa shape index (κ3) is 3.55. The lowest BCUT2D eigenvalue weighted by Gasteiger charge is -2.07. The zero-order valence-corrected chi connectivity index (χ0v) is 15.1. The van der Waals surface area contributed by atoms with Gasteiger partial charge in [0.2, 0.25) is 11.7 Å².